The molecular formula is C29H34N4O. The molecule has 0 radical (unpaired) electrons. The van der Waals surface area contributed by atoms with Crippen LogP contribution >= 0.6 is 0 Å². The van der Waals surface area contributed by atoms with Crippen LogP contribution in [0.4, 0.5) is 0 Å². The first-order valence-electron chi connectivity index (χ1n) is 12.2. The van der Waals surface area contributed by atoms with Gasteiger partial charge in [-0.3, -0.25) is 4.79 Å². The molecule has 4 aromatic rings. The SMILES string of the molecule is CC(C)CCn1c(/C=C/C(=O)/C=C/c2nc3ccccc3n2CCC(C)C)nc2ccccc21. The average Bonchev–Trinajstić information content (AvgIpc) is 3.36. The molecule has 0 N–H and O–H groups in total. The number of hydrogen-bond donors (Lipinski definition) is 0. The summed E-state index contributed by atoms with van der Waals surface area (Å²) in [6.07, 6.45) is 8.97. The van der Waals surface area contributed by atoms with Gasteiger partial charge in [-0.25, -0.2) is 9.97 Å². The summed E-state index contributed by atoms with van der Waals surface area (Å²) < 4.78 is 4.41. The lowest BCUT2D eigenvalue weighted by molar-refractivity contribution is -0.110. The first-order valence-corrected chi connectivity index (χ1v) is 12.2. The molecule has 0 atom stereocenters. The van der Waals surface area contributed by atoms with Crippen molar-refractivity contribution < 1.29 is 4.79 Å². The fourth-order valence-electron chi connectivity index (χ4n) is 4.06. The monoisotopic (exact) mass is 454 g/mol. The van der Waals surface area contributed by atoms with Gasteiger partial charge >= 0.3 is 0 Å². The molecule has 0 aliphatic rings. The van der Waals surface area contributed by atoms with Gasteiger partial charge in [0.15, 0.2) is 5.78 Å². The van der Waals surface area contributed by atoms with Crippen molar-refractivity contribution in [2.75, 3.05) is 0 Å². The van der Waals surface area contributed by atoms with E-state index in [1.807, 2.05) is 48.6 Å². The van der Waals surface area contributed by atoms with Gasteiger partial charge in [0.2, 0.25) is 0 Å². The number of benzene rings is 2. The minimum absolute atomic E-state index is 0.0788. The number of rotatable bonds is 10. The molecule has 0 fully saturated rings. The highest BCUT2D eigenvalue weighted by atomic mass is 16.1. The maximum atomic E-state index is 12.7. The van der Waals surface area contributed by atoms with E-state index < -0.39 is 0 Å². The van der Waals surface area contributed by atoms with E-state index in [2.05, 4.69) is 49.0 Å². The van der Waals surface area contributed by atoms with Crippen LogP contribution in [0, 0.1) is 11.8 Å². The third-order valence-electron chi connectivity index (χ3n) is 6.02. The Kier molecular flexibility index (Phi) is 7.41. The minimum atomic E-state index is -0.0788. The summed E-state index contributed by atoms with van der Waals surface area (Å²) in [5, 5.41) is 0. The zero-order valence-corrected chi connectivity index (χ0v) is 20.6. The summed E-state index contributed by atoms with van der Waals surface area (Å²) in [5.41, 5.74) is 4.11. The quantitative estimate of drug-likeness (QED) is 0.248. The maximum absolute atomic E-state index is 12.7. The largest absolute Gasteiger partial charge is 0.324 e. The van der Waals surface area contributed by atoms with Crippen LogP contribution < -0.4 is 0 Å². The molecule has 0 saturated carbocycles. The number of aryl methyl sites for hydroxylation is 2. The predicted molar refractivity (Wildman–Crippen MR) is 141 cm³/mol. The standard InChI is InChI=1S/C29H34N4O/c1-21(2)17-19-32-26-11-7-5-9-24(26)30-28(32)15-13-23(34)14-16-29-31-25-10-6-8-12-27(25)33(29)20-18-22(3)4/h5-16,21-22H,17-20H2,1-4H3/b15-13+,16-14+. The number of para-hydroxylation sites is 4. The van der Waals surface area contributed by atoms with Crippen molar-refractivity contribution in [2.24, 2.45) is 11.8 Å². The Morgan fingerprint density at radius 2 is 1.15 bits per heavy atom. The van der Waals surface area contributed by atoms with E-state index in [0.29, 0.717) is 11.8 Å². The summed E-state index contributed by atoms with van der Waals surface area (Å²) in [7, 11) is 0. The van der Waals surface area contributed by atoms with Gasteiger partial charge in [0.1, 0.15) is 11.6 Å². The van der Waals surface area contributed by atoms with Crippen LogP contribution in [0.25, 0.3) is 34.2 Å². The second kappa shape index (κ2) is 10.6. The lowest BCUT2D eigenvalue weighted by Gasteiger charge is -2.09. The number of carbonyl (C=O) groups excluding carboxylic acids is 1. The second-order valence-corrected chi connectivity index (χ2v) is 9.65. The Hall–Kier alpha value is -3.47. The van der Waals surface area contributed by atoms with Crippen molar-refractivity contribution in [3.05, 3.63) is 72.3 Å². The summed E-state index contributed by atoms with van der Waals surface area (Å²) in [6, 6.07) is 16.3. The zero-order chi connectivity index (χ0) is 24.1. The lowest BCUT2D eigenvalue weighted by Crippen LogP contribution is -2.04. The van der Waals surface area contributed by atoms with Crippen LogP contribution in [0.15, 0.2) is 60.7 Å². The van der Waals surface area contributed by atoms with Crippen molar-refractivity contribution in [2.45, 2.75) is 53.6 Å². The van der Waals surface area contributed by atoms with Crippen LogP contribution in [0.1, 0.15) is 52.2 Å². The molecule has 0 spiro atoms. The van der Waals surface area contributed by atoms with E-state index in [9.17, 15) is 4.79 Å². The van der Waals surface area contributed by atoms with Gasteiger partial charge in [-0.2, -0.15) is 0 Å². The number of hydrogen-bond acceptors (Lipinski definition) is 3. The number of ketones is 1. The Morgan fingerprint density at radius 3 is 1.56 bits per heavy atom. The molecular weight excluding hydrogens is 420 g/mol. The van der Waals surface area contributed by atoms with Gasteiger partial charge < -0.3 is 9.13 Å². The van der Waals surface area contributed by atoms with Gasteiger partial charge in [0.25, 0.3) is 0 Å². The zero-order valence-electron chi connectivity index (χ0n) is 20.6. The number of nitrogens with zero attached hydrogens (tertiary/aromatic N) is 4. The highest BCUT2D eigenvalue weighted by Crippen LogP contribution is 2.20. The molecule has 0 bridgehead atoms. The predicted octanol–water partition coefficient (Wildman–Crippen LogP) is 6.77. The van der Waals surface area contributed by atoms with Crippen LogP contribution in [0.5, 0.6) is 0 Å². The average molecular weight is 455 g/mol. The van der Waals surface area contributed by atoms with Crippen molar-refractivity contribution in [3.63, 3.8) is 0 Å². The maximum Gasteiger partial charge on any atom is 0.178 e. The summed E-state index contributed by atoms with van der Waals surface area (Å²) in [6.45, 7) is 10.6. The summed E-state index contributed by atoms with van der Waals surface area (Å²) >= 11 is 0. The number of allylic oxidation sites excluding steroid dienone is 2. The first kappa shape index (κ1) is 23.7. The van der Waals surface area contributed by atoms with Gasteiger partial charge in [0, 0.05) is 13.1 Å². The third kappa shape index (κ3) is 5.53. The van der Waals surface area contributed by atoms with E-state index in [4.69, 9.17) is 9.97 Å². The minimum Gasteiger partial charge on any atom is -0.324 e. The van der Waals surface area contributed by atoms with Crippen LogP contribution in [-0.4, -0.2) is 24.9 Å². The van der Waals surface area contributed by atoms with E-state index in [1.54, 1.807) is 12.2 Å². The Morgan fingerprint density at radius 1 is 0.735 bits per heavy atom. The molecule has 5 heteroatoms. The third-order valence-corrected chi connectivity index (χ3v) is 6.02. The summed E-state index contributed by atoms with van der Waals surface area (Å²) in [4.78, 5) is 22.2. The topological polar surface area (TPSA) is 52.7 Å². The van der Waals surface area contributed by atoms with Gasteiger partial charge in [0.05, 0.1) is 22.1 Å². The normalized spacial score (nSPS) is 12.4. The molecule has 2 heterocycles. The fourth-order valence-corrected chi connectivity index (χ4v) is 4.06. The van der Waals surface area contributed by atoms with Crippen molar-refractivity contribution in [3.8, 4) is 0 Å². The van der Waals surface area contributed by atoms with Crippen LogP contribution in [0.3, 0.4) is 0 Å². The van der Waals surface area contributed by atoms with Gasteiger partial charge in [-0.05, 0) is 73.2 Å². The molecule has 2 aromatic heterocycles. The molecule has 0 aliphatic carbocycles. The van der Waals surface area contributed by atoms with Crippen LogP contribution in [0.2, 0.25) is 0 Å². The molecule has 0 unspecified atom stereocenters. The molecule has 34 heavy (non-hydrogen) atoms. The fraction of sp³-hybridized carbons (Fsp3) is 0.345. The van der Waals surface area contributed by atoms with Gasteiger partial charge in [-0.1, -0.05) is 52.0 Å². The number of imidazole rings is 2. The van der Waals surface area contributed by atoms with E-state index >= 15 is 0 Å². The van der Waals surface area contributed by atoms with Crippen molar-refractivity contribution >= 4 is 40.0 Å². The first-order chi connectivity index (χ1) is 16.4. The van der Waals surface area contributed by atoms with Gasteiger partial charge in [-0.15, -0.1) is 0 Å². The van der Waals surface area contributed by atoms with Crippen molar-refractivity contribution in [1.29, 1.82) is 0 Å². The molecule has 0 saturated heterocycles. The molecule has 176 valence electrons. The molecule has 0 amide bonds. The Bertz CT molecular complexity index is 1230. The highest BCUT2D eigenvalue weighted by molar-refractivity contribution is 6.04. The number of aromatic nitrogens is 4. The van der Waals surface area contributed by atoms with Crippen LogP contribution in [-0.2, 0) is 17.9 Å². The molecule has 0 aliphatic heterocycles. The number of fused-ring (bicyclic) bond motifs is 2. The smallest absolute Gasteiger partial charge is 0.178 e. The number of carbonyl (C=O) groups is 1. The van der Waals surface area contributed by atoms with E-state index in [-0.39, 0.29) is 5.78 Å². The molecule has 5 nitrogen and oxygen atoms in total. The van der Waals surface area contributed by atoms with E-state index in [0.717, 1.165) is 59.6 Å². The molecule has 2 aromatic carbocycles. The van der Waals surface area contributed by atoms with E-state index in [1.165, 1.54) is 0 Å². The lowest BCUT2D eigenvalue weighted by atomic mass is 10.1. The van der Waals surface area contributed by atoms with Crippen molar-refractivity contribution in [1.82, 2.24) is 19.1 Å². The Balaban J connectivity index is 1.56. The highest BCUT2D eigenvalue weighted by Gasteiger charge is 2.10. The second-order valence-electron chi connectivity index (χ2n) is 9.65. The molecule has 4 rings (SSSR count). The Labute approximate surface area is 201 Å². The summed E-state index contributed by atoms with van der Waals surface area (Å²) in [5.74, 6) is 2.74.